The van der Waals surface area contributed by atoms with Gasteiger partial charge < -0.3 is 10.4 Å². The van der Waals surface area contributed by atoms with E-state index in [1.165, 1.54) is 12.1 Å². The second-order valence-electron chi connectivity index (χ2n) is 4.29. The van der Waals surface area contributed by atoms with Crippen LogP contribution in [0.1, 0.15) is 25.8 Å². The maximum absolute atomic E-state index is 12.7. The topological polar surface area (TPSA) is 49.3 Å². The van der Waals surface area contributed by atoms with Gasteiger partial charge >= 0.3 is 5.97 Å². The molecule has 2 atom stereocenters. The van der Waals surface area contributed by atoms with Crippen LogP contribution in [0.4, 0.5) is 4.39 Å². The minimum atomic E-state index is -0.848. The van der Waals surface area contributed by atoms with Crippen molar-refractivity contribution in [2.45, 2.75) is 38.8 Å². The molecule has 94 valence electrons. The lowest BCUT2D eigenvalue weighted by Crippen LogP contribution is -2.40. The monoisotopic (exact) mass is 239 g/mol. The molecule has 0 aromatic heterocycles. The molecule has 4 heteroatoms. The van der Waals surface area contributed by atoms with Crippen molar-refractivity contribution in [3.05, 3.63) is 35.6 Å². The van der Waals surface area contributed by atoms with E-state index in [9.17, 15) is 9.18 Å². The quantitative estimate of drug-likeness (QED) is 0.800. The summed E-state index contributed by atoms with van der Waals surface area (Å²) in [6.07, 6.45) is 1.63. The van der Waals surface area contributed by atoms with E-state index < -0.39 is 12.0 Å². The molecule has 0 aliphatic heterocycles. The van der Waals surface area contributed by atoms with Crippen molar-refractivity contribution in [2.24, 2.45) is 0 Å². The van der Waals surface area contributed by atoms with Crippen LogP contribution in [0.5, 0.6) is 0 Å². The third-order valence-corrected chi connectivity index (χ3v) is 2.68. The van der Waals surface area contributed by atoms with Crippen LogP contribution in [0.25, 0.3) is 0 Å². The highest BCUT2D eigenvalue weighted by Crippen LogP contribution is 2.07. The minimum Gasteiger partial charge on any atom is -0.480 e. The van der Waals surface area contributed by atoms with Crippen molar-refractivity contribution in [2.75, 3.05) is 0 Å². The molecule has 3 nitrogen and oxygen atoms in total. The first-order valence-electron chi connectivity index (χ1n) is 5.72. The first-order valence-corrected chi connectivity index (χ1v) is 5.72. The fourth-order valence-electron chi connectivity index (χ4n) is 1.62. The Labute approximate surface area is 101 Å². The molecule has 0 aliphatic rings. The number of aliphatic carboxylic acids is 1. The lowest BCUT2D eigenvalue weighted by molar-refractivity contribution is -0.139. The minimum absolute atomic E-state index is 0.117. The van der Waals surface area contributed by atoms with Crippen LogP contribution in [0.3, 0.4) is 0 Å². The lowest BCUT2D eigenvalue weighted by Gasteiger charge is -2.16. The van der Waals surface area contributed by atoms with Crippen molar-refractivity contribution in [1.82, 2.24) is 5.32 Å². The summed E-state index contributed by atoms with van der Waals surface area (Å²) in [4.78, 5) is 10.6. The largest absolute Gasteiger partial charge is 0.480 e. The Kier molecular flexibility index (Phi) is 5.10. The van der Waals surface area contributed by atoms with Gasteiger partial charge in [-0.1, -0.05) is 12.1 Å². The molecule has 0 radical (unpaired) electrons. The number of halogens is 1. The fraction of sp³-hybridized carbons (Fsp3) is 0.462. The van der Waals surface area contributed by atoms with Gasteiger partial charge in [0.1, 0.15) is 11.9 Å². The van der Waals surface area contributed by atoms with Gasteiger partial charge in [-0.3, -0.25) is 4.79 Å². The van der Waals surface area contributed by atoms with Gasteiger partial charge in [0.15, 0.2) is 0 Å². The summed E-state index contributed by atoms with van der Waals surface area (Å²) in [6.45, 7) is 3.57. The van der Waals surface area contributed by atoms with Crippen LogP contribution in [-0.2, 0) is 11.2 Å². The Balaban J connectivity index is 2.35. The summed E-state index contributed by atoms with van der Waals surface area (Å²) in [7, 11) is 0. The van der Waals surface area contributed by atoms with Gasteiger partial charge in [0, 0.05) is 6.04 Å². The highest BCUT2D eigenvalue weighted by molar-refractivity contribution is 5.72. The molecule has 0 fully saturated rings. The van der Waals surface area contributed by atoms with E-state index in [0.29, 0.717) is 0 Å². The van der Waals surface area contributed by atoms with Crippen molar-refractivity contribution in [3.8, 4) is 0 Å². The number of nitrogens with one attached hydrogen (secondary N) is 1. The highest BCUT2D eigenvalue weighted by atomic mass is 19.1. The Morgan fingerprint density at radius 2 is 1.94 bits per heavy atom. The Hall–Kier alpha value is -1.42. The van der Waals surface area contributed by atoms with E-state index >= 15 is 0 Å². The molecule has 0 saturated heterocycles. The number of hydrogen-bond acceptors (Lipinski definition) is 2. The predicted molar refractivity (Wildman–Crippen MR) is 64.4 cm³/mol. The maximum atomic E-state index is 12.7. The lowest BCUT2D eigenvalue weighted by atomic mass is 10.1. The van der Waals surface area contributed by atoms with Gasteiger partial charge in [-0.05, 0) is 44.4 Å². The van der Waals surface area contributed by atoms with Gasteiger partial charge in [-0.25, -0.2) is 4.39 Å². The number of carbonyl (C=O) groups is 1. The van der Waals surface area contributed by atoms with Gasteiger partial charge in [-0.15, -0.1) is 0 Å². The summed E-state index contributed by atoms with van der Waals surface area (Å²) < 4.78 is 12.7. The zero-order valence-electron chi connectivity index (χ0n) is 10.1. The van der Waals surface area contributed by atoms with Gasteiger partial charge in [0.25, 0.3) is 0 Å². The smallest absolute Gasteiger partial charge is 0.320 e. The Morgan fingerprint density at radius 3 is 2.47 bits per heavy atom. The molecule has 0 bridgehead atoms. The fourth-order valence-corrected chi connectivity index (χ4v) is 1.62. The van der Waals surface area contributed by atoms with Crippen LogP contribution >= 0.6 is 0 Å². The third kappa shape index (κ3) is 4.95. The average Bonchev–Trinajstić information content (AvgIpc) is 2.28. The predicted octanol–water partition coefficient (Wildman–Crippen LogP) is 2.21. The molecule has 1 rings (SSSR count). The van der Waals surface area contributed by atoms with Gasteiger partial charge in [-0.2, -0.15) is 0 Å². The van der Waals surface area contributed by atoms with Crippen molar-refractivity contribution in [3.63, 3.8) is 0 Å². The molecule has 0 heterocycles. The molecule has 1 aromatic carbocycles. The second-order valence-corrected chi connectivity index (χ2v) is 4.29. The number of carboxylic acids is 1. The van der Waals surface area contributed by atoms with E-state index in [0.717, 1.165) is 18.4 Å². The number of rotatable bonds is 6. The van der Waals surface area contributed by atoms with Crippen molar-refractivity contribution >= 4 is 5.97 Å². The molecule has 0 saturated carbocycles. The first-order chi connectivity index (χ1) is 7.99. The number of hydrogen-bond donors (Lipinski definition) is 2. The Bertz CT molecular complexity index is 364. The Morgan fingerprint density at radius 1 is 1.35 bits per heavy atom. The molecule has 0 spiro atoms. The van der Waals surface area contributed by atoms with Crippen molar-refractivity contribution in [1.29, 1.82) is 0 Å². The summed E-state index contributed by atoms with van der Waals surface area (Å²) in [5, 5.41) is 11.7. The highest BCUT2D eigenvalue weighted by Gasteiger charge is 2.13. The number of aryl methyl sites for hydroxylation is 1. The average molecular weight is 239 g/mol. The zero-order chi connectivity index (χ0) is 12.8. The van der Waals surface area contributed by atoms with E-state index in [-0.39, 0.29) is 11.9 Å². The summed E-state index contributed by atoms with van der Waals surface area (Å²) >= 11 is 0. The van der Waals surface area contributed by atoms with Gasteiger partial charge in [0.2, 0.25) is 0 Å². The standard InChI is InChI=1S/C13H18FNO2/c1-9(15-10(2)13(16)17)3-4-11-5-7-12(14)8-6-11/h5-10,15H,3-4H2,1-2H3,(H,16,17). The number of benzene rings is 1. The SMILES string of the molecule is CC(CCc1ccc(F)cc1)NC(C)C(=O)O. The second kappa shape index (κ2) is 6.35. The van der Waals surface area contributed by atoms with E-state index in [4.69, 9.17) is 5.11 Å². The van der Waals surface area contributed by atoms with E-state index in [1.54, 1.807) is 19.1 Å². The zero-order valence-corrected chi connectivity index (χ0v) is 10.1. The molecular weight excluding hydrogens is 221 g/mol. The van der Waals surface area contributed by atoms with Crippen LogP contribution in [-0.4, -0.2) is 23.2 Å². The van der Waals surface area contributed by atoms with Crippen LogP contribution in [0.15, 0.2) is 24.3 Å². The van der Waals surface area contributed by atoms with E-state index in [2.05, 4.69) is 5.32 Å². The maximum Gasteiger partial charge on any atom is 0.320 e. The number of carboxylic acid groups (broad SMARTS) is 1. The van der Waals surface area contributed by atoms with Crippen LogP contribution < -0.4 is 5.32 Å². The molecule has 0 aliphatic carbocycles. The molecule has 17 heavy (non-hydrogen) atoms. The van der Waals surface area contributed by atoms with Crippen LogP contribution in [0.2, 0.25) is 0 Å². The molecule has 0 amide bonds. The normalized spacial score (nSPS) is 14.3. The summed E-state index contributed by atoms with van der Waals surface area (Å²) in [5.74, 6) is -1.09. The van der Waals surface area contributed by atoms with Crippen molar-refractivity contribution < 1.29 is 14.3 Å². The third-order valence-electron chi connectivity index (χ3n) is 2.68. The van der Waals surface area contributed by atoms with Crippen LogP contribution in [0, 0.1) is 5.82 Å². The molecule has 2 N–H and O–H groups in total. The molecular formula is C13H18FNO2. The molecule has 1 aromatic rings. The van der Waals surface area contributed by atoms with E-state index in [1.807, 2.05) is 6.92 Å². The summed E-state index contributed by atoms with van der Waals surface area (Å²) in [6, 6.07) is 5.95. The molecule has 2 unspecified atom stereocenters. The van der Waals surface area contributed by atoms with Gasteiger partial charge in [0.05, 0.1) is 0 Å². The first kappa shape index (κ1) is 13.6. The summed E-state index contributed by atoms with van der Waals surface area (Å²) in [5.41, 5.74) is 1.06.